The normalized spacial score (nSPS) is 11.3. The highest BCUT2D eigenvalue weighted by Crippen LogP contribution is 2.18. The SMILES string of the molecule is CCC(C)(C)Oc1ccc(N)cn1. The number of nitrogen functional groups attached to an aromatic ring is 1. The fourth-order valence-electron chi connectivity index (χ4n) is 0.807. The number of ether oxygens (including phenoxy) is 1. The molecule has 0 atom stereocenters. The minimum Gasteiger partial charge on any atom is -0.472 e. The molecule has 0 aromatic carbocycles. The lowest BCUT2D eigenvalue weighted by molar-refractivity contribution is 0.0991. The van der Waals surface area contributed by atoms with Gasteiger partial charge in [0.25, 0.3) is 0 Å². The van der Waals surface area contributed by atoms with Crippen LogP contribution in [0.4, 0.5) is 5.69 Å². The molecule has 0 saturated carbocycles. The smallest absolute Gasteiger partial charge is 0.213 e. The molecule has 0 amide bonds. The molecule has 1 aromatic rings. The summed E-state index contributed by atoms with van der Waals surface area (Å²) in [4.78, 5) is 4.06. The Labute approximate surface area is 78.9 Å². The number of rotatable bonds is 3. The fourth-order valence-corrected chi connectivity index (χ4v) is 0.807. The standard InChI is InChI=1S/C10H16N2O/c1-4-10(2,3)13-9-6-5-8(11)7-12-9/h5-7H,4,11H2,1-3H3. The molecular formula is C10H16N2O. The maximum Gasteiger partial charge on any atom is 0.213 e. The van der Waals surface area contributed by atoms with E-state index in [2.05, 4.69) is 11.9 Å². The average Bonchev–Trinajstić information content (AvgIpc) is 2.09. The van der Waals surface area contributed by atoms with Gasteiger partial charge in [0.05, 0.1) is 11.9 Å². The van der Waals surface area contributed by atoms with Crippen LogP contribution in [0.15, 0.2) is 18.3 Å². The van der Waals surface area contributed by atoms with Crippen LogP contribution >= 0.6 is 0 Å². The first-order chi connectivity index (χ1) is 6.03. The molecule has 0 unspecified atom stereocenters. The van der Waals surface area contributed by atoms with E-state index in [1.807, 2.05) is 13.8 Å². The molecule has 0 saturated heterocycles. The van der Waals surface area contributed by atoms with Crippen molar-refractivity contribution in [2.45, 2.75) is 32.8 Å². The van der Waals surface area contributed by atoms with Crippen LogP contribution in [-0.4, -0.2) is 10.6 Å². The topological polar surface area (TPSA) is 48.1 Å². The van der Waals surface area contributed by atoms with Crippen molar-refractivity contribution in [1.29, 1.82) is 0 Å². The molecule has 13 heavy (non-hydrogen) atoms. The van der Waals surface area contributed by atoms with Crippen molar-refractivity contribution in [1.82, 2.24) is 4.98 Å². The van der Waals surface area contributed by atoms with E-state index in [0.29, 0.717) is 11.6 Å². The van der Waals surface area contributed by atoms with E-state index in [4.69, 9.17) is 10.5 Å². The van der Waals surface area contributed by atoms with Crippen LogP contribution in [0, 0.1) is 0 Å². The van der Waals surface area contributed by atoms with Crippen molar-refractivity contribution in [2.24, 2.45) is 0 Å². The zero-order valence-electron chi connectivity index (χ0n) is 8.37. The monoisotopic (exact) mass is 180 g/mol. The number of anilines is 1. The first-order valence-electron chi connectivity index (χ1n) is 4.44. The van der Waals surface area contributed by atoms with Crippen molar-refractivity contribution < 1.29 is 4.74 Å². The third-order valence-corrected chi connectivity index (χ3v) is 1.99. The van der Waals surface area contributed by atoms with Gasteiger partial charge in [0.1, 0.15) is 5.60 Å². The zero-order valence-corrected chi connectivity index (χ0v) is 8.37. The predicted molar refractivity (Wildman–Crippen MR) is 53.6 cm³/mol. The lowest BCUT2D eigenvalue weighted by atomic mass is 10.1. The molecule has 3 heteroatoms. The third-order valence-electron chi connectivity index (χ3n) is 1.99. The Morgan fingerprint density at radius 2 is 2.15 bits per heavy atom. The molecule has 0 bridgehead atoms. The molecule has 0 fully saturated rings. The summed E-state index contributed by atoms with van der Waals surface area (Å²) in [6, 6.07) is 3.57. The van der Waals surface area contributed by atoms with Crippen LogP contribution in [-0.2, 0) is 0 Å². The van der Waals surface area contributed by atoms with Gasteiger partial charge in [-0.3, -0.25) is 0 Å². The van der Waals surface area contributed by atoms with E-state index in [1.165, 1.54) is 0 Å². The van der Waals surface area contributed by atoms with Crippen molar-refractivity contribution in [3.05, 3.63) is 18.3 Å². The first-order valence-corrected chi connectivity index (χ1v) is 4.44. The summed E-state index contributed by atoms with van der Waals surface area (Å²) in [7, 11) is 0. The summed E-state index contributed by atoms with van der Waals surface area (Å²) in [6.07, 6.45) is 2.54. The average molecular weight is 180 g/mol. The highest BCUT2D eigenvalue weighted by Gasteiger charge is 2.16. The number of nitrogens with two attached hydrogens (primary N) is 1. The van der Waals surface area contributed by atoms with Crippen LogP contribution in [0.5, 0.6) is 5.88 Å². The molecule has 0 aliphatic carbocycles. The molecular weight excluding hydrogens is 164 g/mol. The van der Waals surface area contributed by atoms with Gasteiger partial charge in [0, 0.05) is 6.07 Å². The maximum absolute atomic E-state index is 5.64. The molecule has 2 N–H and O–H groups in total. The van der Waals surface area contributed by atoms with Gasteiger partial charge in [-0.15, -0.1) is 0 Å². The molecule has 1 heterocycles. The second kappa shape index (κ2) is 3.64. The molecule has 1 rings (SSSR count). The molecule has 0 aliphatic rings. The Bertz CT molecular complexity index is 267. The lowest BCUT2D eigenvalue weighted by Gasteiger charge is -2.23. The third kappa shape index (κ3) is 2.93. The lowest BCUT2D eigenvalue weighted by Crippen LogP contribution is -2.27. The van der Waals surface area contributed by atoms with Gasteiger partial charge in [-0.05, 0) is 26.3 Å². The molecule has 0 radical (unpaired) electrons. The number of aromatic nitrogens is 1. The Kier molecular flexibility index (Phi) is 2.76. The van der Waals surface area contributed by atoms with Crippen LogP contribution in [0.1, 0.15) is 27.2 Å². The van der Waals surface area contributed by atoms with Gasteiger partial charge in [-0.2, -0.15) is 0 Å². The van der Waals surface area contributed by atoms with Gasteiger partial charge in [-0.1, -0.05) is 6.92 Å². The summed E-state index contributed by atoms with van der Waals surface area (Å²) in [5, 5.41) is 0. The minimum atomic E-state index is -0.164. The van der Waals surface area contributed by atoms with Gasteiger partial charge in [0.15, 0.2) is 0 Å². The number of hydrogen-bond donors (Lipinski definition) is 1. The Morgan fingerprint density at radius 3 is 2.62 bits per heavy atom. The van der Waals surface area contributed by atoms with Crippen LogP contribution in [0.3, 0.4) is 0 Å². The summed E-state index contributed by atoms with van der Waals surface area (Å²) < 4.78 is 5.64. The van der Waals surface area contributed by atoms with Crippen molar-refractivity contribution in [3.8, 4) is 5.88 Å². The van der Waals surface area contributed by atoms with E-state index >= 15 is 0 Å². The molecule has 1 aromatic heterocycles. The minimum absolute atomic E-state index is 0.164. The van der Waals surface area contributed by atoms with E-state index in [0.717, 1.165) is 6.42 Å². The van der Waals surface area contributed by atoms with E-state index in [1.54, 1.807) is 18.3 Å². The van der Waals surface area contributed by atoms with Crippen LogP contribution < -0.4 is 10.5 Å². The van der Waals surface area contributed by atoms with Crippen LogP contribution in [0.2, 0.25) is 0 Å². The van der Waals surface area contributed by atoms with E-state index in [9.17, 15) is 0 Å². The number of hydrogen-bond acceptors (Lipinski definition) is 3. The van der Waals surface area contributed by atoms with E-state index < -0.39 is 0 Å². The largest absolute Gasteiger partial charge is 0.472 e. The van der Waals surface area contributed by atoms with Crippen molar-refractivity contribution in [2.75, 3.05) is 5.73 Å². The van der Waals surface area contributed by atoms with Gasteiger partial charge in [-0.25, -0.2) is 4.98 Å². The number of nitrogens with zero attached hydrogens (tertiary/aromatic N) is 1. The van der Waals surface area contributed by atoms with E-state index in [-0.39, 0.29) is 5.60 Å². The molecule has 0 spiro atoms. The predicted octanol–water partition coefficient (Wildman–Crippen LogP) is 2.23. The zero-order chi connectivity index (χ0) is 9.90. The maximum atomic E-state index is 5.64. The highest BCUT2D eigenvalue weighted by molar-refractivity contribution is 5.36. The summed E-state index contributed by atoms with van der Waals surface area (Å²) in [5.41, 5.74) is 6.00. The second-order valence-corrected chi connectivity index (χ2v) is 3.65. The highest BCUT2D eigenvalue weighted by atomic mass is 16.5. The Hall–Kier alpha value is -1.25. The summed E-state index contributed by atoms with van der Waals surface area (Å²) in [6.45, 7) is 6.15. The van der Waals surface area contributed by atoms with Crippen LogP contribution in [0.25, 0.3) is 0 Å². The molecule has 0 aliphatic heterocycles. The summed E-state index contributed by atoms with van der Waals surface area (Å²) >= 11 is 0. The second-order valence-electron chi connectivity index (χ2n) is 3.65. The Balaban J connectivity index is 2.69. The van der Waals surface area contributed by atoms with Gasteiger partial charge < -0.3 is 10.5 Å². The molecule has 72 valence electrons. The van der Waals surface area contributed by atoms with Crippen molar-refractivity contribution in [3.63, 3.8) is 0 Å². The summed E-state index contributed by atoms with van der Waals surface area (Å²) in [5.74, 6) is 0.626. The fraction of sp³-hybridized carbons (Fsp3) is 0.500. The molecule has 3 nitrogen and oxygen atoms in total. The quantitative estimate of drug-likeness (QED) is 0.776. The van der Waals surface area contributed by atoms with Gasteiger partial charge >= 0.3 is 0 Å². The first kappa shape index (κ1) is 9.84. The van der Waals surface area contributed by atoms with Gasteiger partial charge in [0.2, 0.25) is 5.88 Å². The number of pyridine rings is 1. The van der Waals surface area contributed by atoms with Crippen molar-refractivity contribution >= 4 is 5.69 Å². The Morgan fingerprint density at radius 1 is 1.46 bits per heavy atom.